The van der Waals surface area contributed by atoms with Gasteiger partial charge in [0.15, 0.2) is 0 Å². The molecule has 0 atom stereocenters. The fraction of sp³-hybridized carbons (Fsp3) is 0.458. The summed E-state index contributed by atoms with van der Waals surface area (Å²) < 4.78 is 2.43. The van der Waals surface area contributed by atoms with Gasteiger partial charge >= 0.3 is 0 Å². The maximum atomic E-state index is 5.11. The van der Waals surface area contributed by atoms with Crippen LogP contribution in [0, 0.1) is 0 Å². The van der Waals surface area contributed by atoms with Crippen LogP contribution in [-0.4, -0.2) is 9.55 Å². The van der Waals surface area contributed by atoms with E-state index in [0.29, 0.717) is 16.9 Å². The second-order valence-electron chi connectivity index (χ2n) is 9.27. The van der Waals surface area contributed by atoms with Crippen LogP contribution in [0.5, 0.6) is 0 Å². The molecular weight excluding hydrogens is 316 g/mol. The molecule has 0 amide bonds. The van der Waals surface area contributed by atoms with Gasteiger partial charge in [0.05, 0.1) is 11.0 Å². The minimum Gasteiger partial charge on any atom is -0.321 e. The van der Waals surface area contributed by atoms with Crippen molar-refractivity contribution >= 4 is 11.0 Å². The topological polar surface area (TPSA) is 17.8 Å². The molecule has 134 valence electrons. The van der Waals surface area contributed by atoms with E-state index in [-0.39, 0.29) is 0 Å². The van der Waals surface area contributed by atoms with Gasteiger partial charge in [-0.25, -0.2) is 4.98 Å². The van der Waals surface area contributed by atoms with Crippen molar-refractivity contribution in [2.45, 2.75) is 70.3 Å². The highest BCUT2D eigenvalue weighted by Gasteiger charge is 2.47. The van der Waals surface area contributed by atoms with Gasteiger partial charge in [0, 0.05) is 11.6 Å². The predicted octanol–water partition coefficient (Wildman–Crippen LogP) is 6.39. The van der Waals surface area contributed by atoms with E-state index in [0.717, 1.165) is 11.3 Å². The molecule has 2 nitrogen and oxygen atoms in total. The van der Waals surface area contributed by atoms with Crippen LogP contribution in [0.2, 0.25) is 0 Å². The van der Waals surface area contributed by atoms with E-state index >= 15 is 0 Å². The van der Waals surface area contributed by atoms with Gasteiger partial charge in [-0.15, -0.1) is 0 Å². The highest BCUT2D eigenvalue weighted by atomic mass is 15.1. The molecule has 1 aromatic heterocycles. The Balaban J connectivity index is 1.83. The summed E-state index contributed by atoms with van der Waals surface area (Å²) in [6, 6.07) is 15.9. The number of imidazole rings is 1. The summed E-state index contributed by atoms with van der Waals surface area (Å²) in [5.74, 6) is 1.10. The Labute approximate surface area is 156 Å². The Hall–Kier alpha value is -2.09. The van der Waals surface area contributed by atoms with Crippen LogP contribution < -0.4 is 0 Å². The minimum atomic E-state index is 0.343. The molecule has 1 heterocycles. The molecule has 3 aliphatic rings. The fourth-order valence-electron chi connectivity index (χ4n) is 5.35. The number of benzene rings is 2. The Kier molecular flexibility index (Phi) is 3.23. The molecular formula is C24H28N2. The number of rotatable bonds is 2. The summed E-state index contributed by atoms with van der Waals surface area (Å²) in [7, 11) is 0. The second-order valence-corrected chi connectivity index (χ2v) is 9.27. The van der Waals surface area contributed by atoms with Crippen molar-refractivity contribution in [3.8, 4) is 11.4 Å². The average Bonchev–Trinajstić information content (AvgIpc) is 3.02. The zero-order valence-corrected chi connectivity index (χ0v) is 16.3. The first-order valence-electron chi connectivity index (χ1n) is 10.0. The normalized spacial score (nSPS) is 27.3. The molecule has 3 aromatic rings. The second kappa shape index (κ2) is 5.22. The third-order valence-electron chi connectivity index (χ3n) is 7.13. The van der Waals surface area contributed by atoms with Crippen molar-refractivity contribution in [2.75, 3.05) is 0 Å². The molecule has 0 saturated heterocycles. The summed E-state index contributed by atoms with van der Waals surface area (Å²) in [5, 5.41) is 0. The monoisotopic (exact) mass is 344 g/mol. The van der Waals surface area contributed by atoms with E-state index in [4.69, 9.17) is 4.98 Å². The smallest absolute Gasteiger partial charge is 0.141 e. The highest BCUT2D eigenvalue weighted by molar-refractivity contribution is 5.83. The third-order valence-corrected chi connectivity index (χ3v) is 7.13. The Morgan fingerprint density at radius 3 is 2.04 bits per heavy atom. The molecule has 0 aliphatic heterocycles. The van der Waals surface area contributed by atoms with E-state index < -0.39 is 0 Å². The molecule has 0 unspecified atom stereocenters. The van der Waals surface area contributed by atoms with E-state index in [1.165, 1.54) is 36.8 Å². The molecule has 1 fully saturated rings. The lowest BCUT2D eigenvalue weighted by atomic mass is 9.52. The molecule has 0 radical (unpaired) electrons. The number of nitrogens with zero attached hydrogens (tertiary/aromatic N) is 2. The van der Waals surface area contributed by atoms with Gasteiger partial charge in [-0.05, 0) is 73.6 Å². The van der Waals surface area contributed by atoms with Crippen LogP contribution in [0.25, 0.3) is 22.4 Å². The lowest BCUT2D eigenvalue weighted by molar-refractivity contribution is 0.188. The summed E-state index contributed by atoms with van der Waals surface area (Å²) in [4.78, 5) is 5.11. The van der Waals surface area contributed by atoms with Crippen LogP contribution in [0.1, 0.15) is 70.5 Å². The van der Waals surface area contributed by atoms with Crippen molar-refractivity contribution in [3.63, 3.8) is 0 Å². The fourth-order valence-corrected chi connectivity index (χ4v) is 5.35. The van der Waals surface area contributed by atoms with Crippen LogP contribution in [0.15, 0.2) is 42.5 Å². The SMILES string of the molecule is CC(C)n1c(-c2ccccc2)nc2cc3c(cc21)C1(C)CCC3(C)CC1. The van der Waals surface area contributed by atoms with Crippen molar-refractivity contribution in [1.82, 2.24) is 9.55 Å². The summed E-state index contributed by atoms with van der Waals surface area (Å²) in [5.41, 5.74) is 7.51. The van der Waals surface area contributed by atoms with Crippen molar-refractivity contribution in [2.24, 2.45) is 0 Å². The molecule has 6 rings (SSSR count). The third kappa shape index (κ3) is 2.08. The van der Waals surface area contributed by atoms with Crippen LogP contribution in [0.4, 0.5) is 0 Å². The summed E-state index contributed by atoms with van der Waals surface area (Å²) in [6.07, 6.45) is 5.28. The van der Waals surface area contributed by atoms with Gasteiger partial charge in [0.1, 0.15) is 5.82 Å². The van der Waals surface area contributed by atoms with Gasteiger partial charge in [-0.1, -0.05) is 44.2 Å². The largest absolute Gasteiger partial charge is 0.321 e. The quantitative estimate of drug-likeness (QED) is 0.527. The lowest BCUT2D eigenvalue weighted by Gasteiger charge is -2.52. The van der Waals surface area contributed by atoms with E-state index in [2.05, 4.69) is 74.7 Å². The maximum absolute atomic E-state index is 5.11. The zero-order chi connectivity index (χ0) is 18.1. The molecule has 3 aliphatic carbocycles. The predicted molar refractivity (Wildman–Crippen MR) is 109 cm³/mol. The van der Waals surface area contributed by atoms with Crippen molar-refractivity contribution in [1.29, 1.82) is 0 Å². The van der Waals surface area contributed by atoms with Crippen molar-refractivity contribution < 1.29 is 0 Å². The van der Waals surface area contributed by atoms with E-state index in [9.17, 15) is 0 Å². The number of hydrogen-bond donors (Lipinski definition) is 0. The van der Waals surface area contributed by atoms with Crippen LogP contribution >= 0.6 is 0 Å². The first-order chi connectivity index (χ1) is 12.4. The first-order valence-corrected chi connectivity index (χ1v) is 10.0. The maximum Gasteiger partial charge on any atom is 0.141 e. The number of hydrogen-bond acceptors (Lipinski definition) is 1. The average molecular weight is 345 g/mol. The Morgan fingerprint density at radius 1 is 0.885 bits per heavy atom. The van der Waals surface area contributed by atoms with Gasteiger partial charge < -0.3 is 4.57 Å². The summed E-state index contributed by atoms with van der Waals surface area (Å²) in [6.45, 7) is 9.48. The minimum absolute atomic E-state index is 0.343. The molecule has 26 heavy (non-hydrogen) atoms. The Bertz CT molecular complexity index is 986. The molecule has 0 spiro atoms. The molecule has 2 aromatic carbocycles. The van der Waals surface area contributed by atoms with Gasteiger partial charge in [-0.3, -0.25) is 0 Å². The van der Waals surface area contributed by atoms with Crippen LogP contribution in [-0.2, 0) is 10.8 Å². The van der Waals surface area contributed by atoms with Crippen LogP contribution in [0.3, 0.4) is 0 Å². The number of fused-ring (bicyclic) bond motifs is 3. The lowest BCUT2D eigenvalue weighted by Crippen LogP contribution is -2.44. The summed E-state index contributed by atoms with van der Waals surface area (Å²) >= 11 is 0. The molecule has 2 bridgehead atoms. The Morgan fingerprint density at radius 2 is 1.46 bits per heavy atom. The molecule has 2 heteroatoms. The molecule has 1 saturated carbocycles. The zero-order valence-electron chi connectivity index (χ0n) is 16.3. The van der Waals surface area contributed by atoms with E-state index in [1.54, 1.807) is 11.1 Å². The highest BCUT2D eigenvalue weighted by Crippen LogP contribution is 2.57. The van der Waals surface area contributed by atoms with Gasteiger partial charge in [0.2, 0.25) is 0 Å². The standard InChI is InChI=1S/C24H28N2/c1-16(2)26-21-15-19-18(23(3)10-12-24(19,4)13-11-23)14-20(21)25-22(26)17-8-6-5-7-9-17/h5-9,14-16H,10-13H2,1-4H3. The van der Waals surface area contributed by atoms with Gasteiger partial charge in [-0.2, -0.15) is 0 Å². The van der Waals surface area contributed by atoms with Crippen molar-refractivity contribution in [3.05, 3.63) is 53.6 Å². The first kappa shape index (κ1) is 16.1. The van der Waals surface area contributed by atoms with E-state index in [1.807, 2.05) is 0 Å². The van der Waals surface area contributed by atoms with Gasteiger partial charge in [0.25, 0.3) is 0 Å². The molecule has 0 N–H and O–H groups in total. The number of aromatic nitrogens is 2.